The highest BCUT2D eigenvalue weighted by Crippen LogP contribution is 2.21. The fourth-order valence-corrected chi connectivity index (χ4v) is 2.96. The first kappa shape index (κ1) is 14.6. The minimum atomic E-state index is 0.771. The zero-order valence-electron chi connectivity index (χ0n) is 12.7. The molecule has 1 saturated heterocycles. The summed E-state index contributed by atoms with van der Waals surface area (Å²) in [5.41, 5.74) is 1.84. The van der Waals surface area contributed by atoms with Crippen molar-refractivity contribution in [3.63, 3.8) is 0 Å². The van der Waals surface area contributed by atoms with E-state index in [9.17, 15) is 5.26 Å². The van der Waals surface area contributed by atoms with Gasteiger partial charge in [-0.3, -0.25) is 9.58 Å². The van der Waals surface area contributed by atoms with E-state index in [0.717, 1.165) is 56.9 Å². The van der Waals surface area contributed by atoms with E-state index in [1.807, 2.05) is 41.3 Å². The van der Waals surface area contributed by atoms with E-state index >= 15 is 0 Å². The molecular formula is C17H21N5. The van der Waals surface area contributed by atoms with Crippen LogP contribution in [-0.4, -0.2) is 47.4 Å². The van der Waals surface area contributed by atoms with Crippen LogP contribution < -0.4 is 4.90 Å². The summed E-state index contributed by atoms with van der Waals surface area (Å²) in [5, 5.41) is 13.5. The van der Waals surface area contributed by atoms with Crippen LogP contribution in [0, 0.1) is 11.3 Å². The molecule has 0 N–H and O–H groups in total. The third kappa shape index (κ3) is 3.46. The lowest BCUT2D eigenvalue weighted by atomic mass is 10.1. The molecule has 5 nitrogen and oxygen atoms in total. The molecule has 0 spiro atoms. The molecule has 114 valence electrons. The van der Waals surface area contributed by atoms with Gasteiger partial charge < -0.3 is 4.90 Å². The van der Waals surface area contributed by atoms with Gasteiger partial charge in [-0.05, 0) is 31.2 Å². The van der Waals surface area contributed by atoms with Crippen LogP contribution in [0.3, 0.4) is 0 Å². The first-order chi connectivity index (χ1) is 10.9. The van der Waals surface area contributed by atoms with E-state index in [0.29, 0.717) is 0 Å². The zero-order valence-corrected chi connectivity index (χ0v) is 12.7. The lowest BCUT2D eigenvalue weighted by molar-refractivity contribution is 0.276. The summed E-state index contributed by atoms with van der Waals surface area (Å²) in [7, 11) is 0. The number of nitrogens with zero attached hydrogens (tertiary/aromatic N) is 5. The van der Waals surface area contributed by atoms with E-state index < -0.39 is 0 Å². The van der Waals surface area contributed by atoms with E-state index in [2.05, 4.69) is 27.0 Å². The largest absolute Gasteiger partial charge is 0.369 e. The number of hydrogen-bond donors (Lipinski definition) is 0. The Morgan fingerprint density at radius 2 is 1.95 bits per heavy atom. The van der Waals surface area contributed by atoms with E-state index in [1.165, 1.54) is 0 Å². The average Bonchev–Trinajstić information content (AvgIpc) is 2.97. The third-order valence-corrected chi connectivity index (χ3v) is 4.16. The van der Waals surface area contributed by atoms with E-state index in [4.69, 9.17) is 0 Å². The Kier molecular flexibility index (Phi) is 4.71. The Morgan fingerprint density at radius 1 is 1.05 bits per heavy atom. The highest BCUT2D eigenvalue weighted by molar-refractivity contribution is 5.59. The van der Waals surface area contributed by atoms with Gasteiger partial charge in [0.15, 0.2) is 0 Å². The standard InChI is InChI=1S/C17H21N5/c18-15-16-5-1-2-6-17(16)21-9-4-8-20(11-13-21)12-14-22-10-3-7-19-22/h1-3,5-7,10H,4,8-9,11-14H2. The summed E-state index contributed by atoms with van der Waals surface area (Å²) in [6, 6.07) is 12.2. The molecular weight excluding hydrogens is 274 g/mol. The number of benzene rings is 1. The molecule has 3 rings (SSSR count). The smallest absolute Gasteiger partial charge is 0.101 e. The molecule has 0 amide bonds. The lowest BCUT2D eigenvalue weighted by Crippen LogP contribution is -2.33. The second-order valence-electron chi connectivity index (χ2n) is 5.58. The normalized spacial score (nSPS) is 16.2. The third-order valence-electron chi connectivity index (χ3n) is 4.16. The fourth-order valence-electron chi connectivity index (χ4n) is 2.96. The summed E-state index contributed by atoms with van der Waals surface area (Å²) in [6.45, 7) is 6.07. The Morgan fingerprint density at radius 3 is 2.77 bits per heavy atom. The minimum Gasteiger partial charge on any atom is -0.369 e. The van der Waals surface area contributed by atoms with Crippen LogP contribution in [0.15, 0.2) is 42.7 Å². The summed E-state index contributed by atoms with van der Waals surface area (Å²) in [6.07, 6.45) is 4.95. The maximum Gasteiger partial charge on any atom is 0.101 e. The topological polar surface area (TPSA) is 48.1 Å². The highest BCUT2D eigenvalue weighted by Gasteiger charge is 2.17. The number of hydrogen-bond acceptors (Lipinski definition) is 4. The van der Waals surface area contributed by atoms with Gasteiger partial charge >= 0.3 is 0 Å². The number of nitriles is 1. The quantitative estimate of drug-likeness (QED) is 0.865. The summed E-state index contributed by atoms with van der Waals surface area (Å²) in [5.74, 6) is 0. The van der Waals surface area contributed by atoms with Gasteiger partial charge in [-0.1, -0.05) is 12.1 Å². The fraction of sp³-hybridized carbons (Fsp3) is 0.412. The van der Waals surface area contributed by atoms with Gasteiger partial charge in [0.1, 0.15) is 6.07 Å². The molecule has 1 aromatic heterocycles. The van der Waals surface area contributed by atoms with Gasteiger partial charge in [-0.25, -0.2) is 0 Å². The Balaban J connectivity index is 1.59. The molecule has 1 aromatic carbocycles. The van der Waals surface area contributed by atoms with Gasteiger partial charge in [0.2, 0.25) is 0 Å². The van der Waals surface area contributed by atoms with Crippen LogP contribution in [0.5, 0.6) is 0 Å². The van der Waals surface area contributed by atoms with Crippen molar-refractivity contribution in [2.24, 2.45) is 0 Å². The molecule has 1 aliphatic rings. The number of para-hydroxylation sites is 1. The Labute approximate surface area is 131 Å². The lowest BCUT2D eigenvalue weighted by Gasteiger charge is -2.24. The molecule has 2 aromatic rings. The van der Waals surface area contributed by atoms with Crippen molar-refractivity contribution < 1.29 is 0 Å². The molecule has 0 radical (unpaired) electrons. The maximum atomic E-state index is 9.26. The van der Waals surface area contributed by atoms with E-state index in [-0.39, 0.29) is 0 Å². The van der Waals surface area contributed by atoms with Gasteiger partial charge in [0.25, 0.3) is 0 Å². The monoisotopic (exact) mass is 295 g/mol. The van der Waals surface area contributed by atoms with Crippen molar-refractivity contribution in [1.29, 1.82) is 5.26 Å². The molecule has 0 atom stereocenters. The molecule has 22 heavy (non-hydrogen) atoms. The van der Waals surface area contributed by atoms with Gasteiger partial charge in [-0.15, -0.1) is 0 Å². The zero-order chi connectivity index (χ0) is 15.2. The summed E-state index contributed by atoms with van der Waals surface area (Å²) < 4.78 is 1.98. The maximum absolute atomic E-state index is 9.26. The summed E-state index contributed by atoms with van der Waals surface area (Å²) in [4.78, 5) is 4.82. The van der Waals surface area contributed by atoms with Crippen molar-refractivity contribution >= 4 is 5.69 Å². The molecule has 0 bridgehead atoms. The molecule has 0 unspecified atom stereocenters. The van der Waals surface area contributed by atoms with Crippen LogP contribution in [0.4, 0.5) is 5.69 Å². The van der Waals surface area contributed by atoms with Gasteiger partial charge in [-0.2, -0.15) is 10.4 Å². The van der Waals surface area contributed by atoms with Crippen LogP contribution >= 0.6 is 0 Å². The van der Waals surface area contributed by atoms with Gasteiger partial charge in [0.05, 0.1) is 17.8 Å². The summed E-state index contributed by atoms with van der Waals surface area (Å²) >= 11 is 0. The van der Waals surface area contributed by atoms with Crippen molar-refractivity contribution in [3.8, 4) is 6.07 Å². The Bertz CT molecular complexity index is 629. The van der Waals surface area contributed by atoms with Crippen molar-refractivity contribution in [2.75, 3.05) is 37.6 Å². The minimum absolute atomic E-state index is 0.771. The first-order valence-corrected chi connectivity index (χ1v) is 7.80. The molecule has 1 fully saturated rings. The Hall–Kier alpha value is -2.32. The van der Waals surface area contributed by atoms with Crippen molar-refractivity contribution in [1.82, 2.24) is 14.7 Å². The number of rotatable bonds is 4. The van der Waals surface area contributed by atoms with Crippen molar-refractivity contribution in [2.45, 2.75) is 13.0 Å². The van der Waals surface area contributed by atoms with Crippen LogP contribution in [-0.2, 0) is 6.54 Å². The van der Waals surface area contributed by atoms with Crippen LogP contribution in [0.2, 0.25) is 0 Å². The second-order valence-corrected chi connectivity index (χ2v) is 5.58. The van der Waals surface area contributed by atoms with Gasteiger partial charge in [0, 0.05) is 38.6 Å². The predicted molar refractivity (Wildman–Crippen MR) is 86.7 cm³/mol. The average molecular weight is 295 g/mol. The second kappa shape index (κ2) is 7.10. The molecule has 2 heterocycles. The molecule has 5 heteroatoms. The molecule has 1 aliphatic heterocycles. The first-order valence-electron chi connectivity index (χ1n) is 7.80. The highest BCUT2D eigenvalue weighted by atomic mass is 15.3. The van der Waals surface area contributed by atoms with Crippen molar-refractivity contribution in [3.05, 3.63) is 48.3 Å². The predicted octanol–water partition coefficient (Wildman–Crippen LogP) is 1.97. The molecule has 0 aliphatic carbocycles. The molecule has 0 saturated carbocycles. The van der Waals surface area contributed by atoms with E-state index in [1.54, 1.807) is 0 Å². The number of anilines is 1. The number of aromatic nitrogens is 2. The SMILES string of the molecule is N#Cc1ccccc1N1CCCN(CCn2cccn2)CC1. The van der Waals surface area contributed by atoms with Crippen LogP contribution in [0.25, 0.3) is 0 Å². The van der Waals surface area contributed by atoms with Crippen LogP contribution in [0.1, 0.15) is 12.0 Å².